The van der Waals surface area contributed by atoms with Crippen LogP contribution < -0.4 is 4.74 Å². The second-order valence-electron chi connectivity index (χ2n) is 2.89. The van der Waals surface area contributed by atoms with Crippen LogP contribution >= 0.6 is 0 Å². The Kier molecular flexibility index (Phi) is 3.98. The molecule has 1 aromatic rings. The van der Waals surface area contributed by atoms with Crippen LogP contribution in [0, 0.1) is 14.0 Å². The fraction of sp³-hybridized carbons (Fsp3) is 0.273. The summed E-state index contributed by atoms with van der Waals surface area (Å²) in [6, 6.07) is 5.78. The van der Waals surface area contributed by atoms with Crippen molar-refractivity contribution in [1.82, 2.24) is 0 Å². The Labute approximate surface area is 84.3 Å². The van der Waals surface area contributed by atoms with E-state index in [1.54, 1.807) is 6.21 Å². The normalized spacial score (nSPS) is 10.5. The molecule has 0 fully saturated rings. The number of ether oxygens (including phenoxy) is 1. The number of hydrogen-bond donors (Lipinski definition) is 0. The molecule has 14 heavy (non-hydrogen) atoms. The van der Waals surface area contributed by atoms with Crippen LogP contribution in [0.1, 0.15) is 11.1 Å². The molecule has 0 atom stereocenters. The van der Waals surface area contributed by atoms with Crippen LogP contribution in [0.2, 0.25) is 0 Å². The quantitative estimate of drug-likeness (QED) is 0.539. The molecule has 1 rings (SSSR count). The zero-order valence-corrected chi connectivity index (χ0v) is 8.36. The summed E-state index contributed by atoms with van der Waals surface area (Å²) in [6.45, 7) is 1.94. The van der Waals surface area contributed by atoms with E-state index in [9.17, 15) is 0 Å². The van der Waals surface area contributed by atoms with E-state index in [1.165, 1.54) is 7.11 Å². The van der Waals surface area contributed by atoms with Crippen molar-refractivity contribution in [3.63, 3.8) is 0 Å². The van der Waals surface area contributed by atoms with E-state index in [1.807, 2.05) is 25.1 Å². The molecule has 0 bridgehead atoms. The lowest BCUT2D eigenvalue weighted by Crippen LogP contribution is -1.90. The van der Waals surface area contributed by atoms with E-state index in [0.29, 0.717) is 5.75 Å². The fourth-order valence-corrected chi connectivity index (χ4v) is 1.19. The predicted molar refractivity (Wildman–Crippen MR) is 55.3 cm³/mol. The molecular weight excluding hydrogens is 178 g/mol. The van der Waals surface area contributed by atoms with Crippen molar-refractivity contribution >= 4 is 6.21 Å². The van der Waals surface area contributed by atoms with Crippen LogP contribution in [0.3, 0.4) is 0 Å². The molecule has 1 aromatic carbocycles. The van der Waals surface area contributed by atoms with Gasteiger partial charge < -0.3 is 9.57 Å². The first-order chi connectivity index (χ1) is 6.77. The zero-order chi connectivity index (χ0) is 10.4. The van der Waals surface area contributed by atoms with Gasteiger partial charge in [0.25, 0.3) is 0 Å². The highest BCUT2D eigenvalue weighted by molar-refractivity contribution is 5.61. The molecule has 0 saturated carbocycles. The van der Waals surface area contributed by atoms with Gasteiger partial charge in [-0.2, -0.15) is 0 Å². The molecule has 0 saturated heterocycles. The van der Waals surface area contributed by atoms with Gasteiger partial charge in [-0.1, -0.05) is 17.3 Å². The van der Waals surface area contributed by atoms with Crippen molar-refractivity contribution < 1.29 is 9.57 Å². The van der Waals surface area contributed by atoms with Crippen molar-refractivity contribution in [1.29, 1.82) is 0 Å². The number of nitrogens with zero attached hydrogens (tertiary/aromatic N) is 1. The van der Waals surface area contributed by atoms with Gasteiger partial charge in [-0.25, -0.2) is 0 Å². The summed E-state index contributed by atoms with van der Waals surface area (Å²) >= 11 is 0. The number of aryl methyl sites for hydroxylation is 1. The van der Waals surface area contributed by atoms with E-state index in [2.05, 4.69) is 14.7 Å². The van der Waals surface area contributed by atoms with Gasteiger partial charge in [-0.3, -0.25) is 0 Å². The maximum absolute atomic E-state index is 5.08. The van der Waals surface area contributed by atoms with Gasteiger partial charge >= 0.3 is 0 Å². The second-order valence-corrected chi connectivity index (χ2v) is 2.89. The van der Waals surface area contributed by atoms with Gasteiger partial charge in [0.05, 0.1) is 0 Å². The van der Waals surface area contributed by atoms with Gasteiger partial charge in [0.15, 0.2) is 7.11 Å². The Hall–Kier alpha value is -1.51. The topological polar surface area (TPSA) is 30.8 Å². The van der Waals surface area contributed by atoms with Crippen molar-refractivity contribution in [3.05, 3.63) is 36.4 Å². The van der Waals surface area contributed by atoms with Crippen molar-refractivity contribution in [2.45, 2.75) is 13.3 Å². The van der Waals surface area contributed by atoms with Gasteiger partial charge in [0.1, 0.15) is 12.9 Å². The first kappa shape index (κ1) is 10.6. The summed E-state index contributed by atoms with van der Waals surface area (Å²) < 4.78 is 4.67. The molecule has 0 unspecified atom stereocenters. The van der Waals surface area contributed by atoms with E-state index in [0.717, 1.165) is 17.5 Å². The highest BCUT2D eigenvalue weighted by Crippen LogP contribution is 2.18. The van der Waals surface area contributed by atoms with Crippen LogP contribution in [0.25, 0.3) is 0 Å². The maximum Gasteiger partial charge on any atom is 0.180 e. The third kappa shape index (κ3) is 2.76. The summed E-state index contributed by atoms with van der Waals surface area (Å²) in [7, 11) is 6.60. The first-order valence-electron chi connectivity index (χ1n) is 4.29. The monoisotopic (exact) mass is 191 g/mol. The molecular formula is C11H13NO2. The molecule has 2 radical (unpaired) electrons. The lowest BCUT2D eigenvalue weighted by atomic mass is 10.1. The maximum atomic E-state index is 5.08. The summed E-state index contributed by atoms with van der Waals surface area (Å²) in [6.07, 6.45) is 2.44. The third-order valence-corrected chi connectivity index (χ3v) is 1.87. The van der Waals surface area contributed by atoms with Crippen molar-refractivity contribution in [2.75, 3.05) is 7.11 Å². The average Bonchev–Trinajstić information content (AvgIpc) is 2.18. The summed E-state index contributed by atoms with van der Waals surface area (Å²) in [5, 5.41) is 3.66. The number of oxime groups is 1. The van der Waals surface area contributed by atoms with E-state index in [4.69, 9.17) is 7.11 Å². The molecule has 0 heterocycles. The van der Waals surface area contributed by atoms with Crippen LogP contribution in [-0.4, -0.2) is 13.3 Å². The van der Waals surface area contributed by atoms with Crippen LogP contribution in [0.4, 0.5) is 0 Å². The largest absolute Gasteiger partial charge is 0.482 e. The van der Waals surface area contributed by atoms with Gasteiger partial charge in [-0.05, 0) is 24.1 Å². The molecule has 3 heteroatoms. The van der Waals surface area contributed by atoms with Crippen molar-refractivity contribution in [2.24, 2.45) is 5.16 Å². The Bertz CT molecular complexity index is 321. The number of hydrogen-bond acceptors (Lipinski definition) is 3. The minimum Gasteiger partial charge on any atom is -0.482 e. The Balaban J connectivity index is 2.71. The Morgan fingerprint density at radius 3 is 2.86 bits per heavy atom. The number of benzene rings is 1. The highest BCUT2D eigenvalue weighted by atomic mass is 16.6. The van der Waals surface area contributed by atoms with Crippen LogP contribution in [0.5, 0.6) is 5.75 Å². The molecule has 0 aliphatic heterocycles. The molecule has 0 aliphatic carbocycles. The van der Waals surface area contributed by atoms with Crippen molar-refractivity contribution in [3.8, 4) is 5.75 Å². The van der Waals surface area contributed by atoms with Crippen LogP contribution in [0.15, 0.2) is 23.4 Å². The Morgan fingerprint density at radius 1 is 1.50 bits per heavy atom. The van der Waals surface area contributed by atoms with Gasteiger partial charge in [0.2, 0.25) is 0 Å². The average molecular weight is 191 g/mol. The first-order valence-corrected chi connectivity index (χ1v) is 4.29. The molecule has 0 aromatic heterocycles. The van der Waals surface area contributed by atoms with Crippen LogP contribution in [-0.2, 0) is 11.3 Å². The fourth-order valence-electron chi connectivity index (χ4n) is 1.19. The highest BCUT2D eigenvalue weighted by Gasteiger charge is 1.98. The molecule has 74 valence electrons. The molecule has 0 N–H and O–H groups in total. The van der Waals surface area contributed by atoms with E-state index >= 15 is 0 Å². The number of rotatable bonds is 4. The predicted octanol–water partition coefficient (Wildman–Crippen LogP) is 2.22. The lowest BCUT2D eigenvalue weighted by molar-refractivity contribution is 0.215. The smallest absolute Gasteiger partial charge is 0.180 e. The zero-order valence-electron chi connectivity index (χ0n) is 8.36. The van der Waals surface area contributed by atoms with E-state index < -0.39 is 0 Å². The van der Waals surface area contributed by atoms with E-state index in [-0.39, 0.29) is 0 Å². The van der Waals surface area contributed by atoms with Gasteiger partial charge in [0, 0.05) is 12.6 Å². The minimum absolute atomic E-state index is 0.692. The Morgan fingerprint density at radius 2 is 2.29 bits per heavy atom. The molecule has 0 spiro atoms. The summed E-state index contributed by atoms with van der Waals surface area (Å²) in [5.74, 6) is 0.692. The van der Waals surface area contributed by atoms with Gasteiger partial charge in [-0.15, -0.1) is 0 Å². The summed E-state index contributed by atoms with van der Waals surface area (Å²) in [5.41, 5.74) is 2.15. The SMILES string of the molecule is [CH]Oc1ccc(CC=NOC)cc1C. The molecule has 3 nitrogen and oxygen atoms in total. The third-order valence-electron chi connectivity index (χ3n) is 1.87. The standard InChI is InChI=1S/C11H13NO2/c1-9-8-10(6-7-12-14-3)4-5-11(9)13-2/h2,4-5,7-8H,6H2,1,3H3. The molecule has 0 aliphatic rings. The summed E-state index contributed by atoms with van der Waals surface area (Å²) in [4.78, 5) is 4.56. The second kappa shape index (κ2) is 5.27. The molecule has 0 amide bonds. The minimum atomic E-state index is 0.692. The lowest BCUT2D eigenvalue weighted by Gasteiger charge is -2.04.